The van der Waals surface area contributed by atoms with Crippen LogP contribution in [0, 0.1) is 10.8 Å². The molecule has 0 N–H and O–H groups in total. The molecule has 0 aliphatic carbocycles. The van der Waals surface area contributed by atoms with E-state index in [1.54, 1.807) is 24.3 Å². The van der Waals surface area contributed by atoms with E-state index in [0.717, 1.165) is 38.5 Å². The third kappa shape index (κ3) is 8.45. The van der Waals surface area contributed by atoms with Crippen LogP contribution in [0.2, 0.25) is 0 Å². The highest BCUT2D eigenvalue weighted by Gasteiger charge is 2.25. The zero-order valence-corrected chi connectivity index (χ0v) is 18.6. The van der Waals surface area contributed by atoms with Gasteiger partial charge in [-0.05, 0) is 35.8 Å². The van der Waals surface area contributed by atoms with Crippen LogP contribution in [0.25, 0.3) is 0 Å². The molecule has 0 amide bonds. The predicted octanol–water partition coefficient (Wildman–Crippen LogP) is 6.43. The summed E-state index contributed by atoms with van der Waals surface area (Å²) in [7, 11) is 0. The molecular weight excluding hydrogens is 352 g/mol. The molecule has 1 aromatic carbocycles. The van der Waals surface area contributed by atoms with Gasteiger partial charge >= 0.3 is 11.9 Å². The Labute approximate surface area is 171 Å². The SMILES string of the molecule is CCCCC(C)(C)COC(=O)c1ccccc1C(=O)OCC(C)(C)CCCC. The summed E-state index contributed by atoms with van der Waals surface area (Å²) in [6.45, 7) is 13.3. The van der Waals surface area contributed by atoms with Crippen molar-refractivity contribution >= 4 is 11.9 Å². The van der Waals surface area contributed by atoms with E-state index in [9.17, 15) is 9.59 Å². The van der Waals surface area contributed by atoms with Crippen LogP contribution in [-0.4, -0.2) is 25.2 Å². The average Bonchev–Trinajstić information content (AvgIpc) is 2.67. The van der Waals surface area contributed by atoms with Crippen LogP contribution < -0.4 is 0 Å². The van der Waals surface area contributed by atoms with E-state index in [0.29, 0.717) is 13.2 Å². The minimum atomic E-state index is -0.470. The number of unbranched alkanes of at least 4 members (excludes halogenated alkanes) is 2. The molecule has 158 valence electrons. The van der Waals surface area contributed by atoms with Gasteiger partial charge in [0, 0.05) is 0 Å². The molecule has 4 heteroatoms. The molecule has 0 aliphatic rings. The summed E-state index contributed by atoms with van der Waals surface area (Å²) in [5.41, 5.74) is 0.379. The number of hydrogen-bond acceptors (Lipinski definition) is 4. The second-order valence-electron chi connectivity index (χ2n) is 9.23. The first-order valence-corrected chi connectivity index (χ1v) is 10.5. The lowest BCUT2D eigenvalue weighted by atomic mass is 9.88. The maximum atomic E-state index is 12.6. The molecule has 0 heterocycles. The van der Waals surface area contributed by atoms with Crippen molar-refractivity contribution in [2.45, 2.75) is 80.1 Å². The zero-order valence-electron chi connectivity index (χ0n) is 18.6. The summed E-state index contributed by atoms with van der Waals surface area (Å²) >= 11 is 0. The zero-order chi connectivity index (χ0) is 21.2. The number of carbonyl (C=O) groups excluding carboxylic acids is 2. The lowest BCUT2D eigenvalue weighted by Gasteiger charge is -2.25. The van der Waals surface area contributed by atoms with Gasteiger partial charge in [0.15, 0.2) is 0 Å². The molecule has 4 nitrogen and oxygen atoms in total. The molecule has 0 spiro atoms. The van der Waals surface area contributed by atoms with E-state index in [1.165, 1.54) is 0 Å². The molecule has 0 aromatic heterocycles. The molecule has 1 aromatic rings. The van der Waals surface area contributed by atoms with E-state index in [2.05, 4.69) is 41.5 Å². The summed E-state index contributed by atoms with van der Waals surface area (Å²) in [5.74, 6) is -0.940. The molecule has 1 rings (SSSR count). The van der Waals surface area contributed by atoms with Crippen LogP contribution in [0.4, 0.5) is 0 Å². The standard InChI is InChI=1S/C24H38O4/c1-7-9-15-23(3,4)17-27-21(25)19-13-11-12-14-20(19)22(26)28-18-24(5,6)16-10-8-2/h11-14H,7-10,15-18H2,1-6H3. The Balaban J connectivity index is 2.75. The monoisotopic (exact) mass is 390 g/mol. The van der Waals surface area contributed by atoms with Gasteiger partial charge in [0.1, 0.15) is 0 Å². The summed E-state index contributed by atoms with van der Waals surface area (Å²) in [6.07, 6.45) is 6.41. The molecular formula is C24H38O4. The van der Waals surface area contributed by atoms with Crippen molar-refractivity contribution in [1.29, 1.82) is 0 Å². The molecule has 0 atom stereocenters. The Bertz CT molecular complexity index is 576. The van der Waals surface area contributed by atoms with Gasteiger partial charge < -0.3 is 9.47 Å². The third-order valence-electron chi connectivity index (χ3n) is 4.97. The topological polar surface area (TPSA) is 52.6 Å². The lowest BCUT2D eigenvalue weighted by molar-refractivity contribution is 0.0281. The predicted molar refractivity (Wildman–Crippen MR) is 114 cm³/mol. The fourth-order valence-electron chi connectivity index (χ4n) is 2.97. The Morgan fingerprint density at radius 2 is 1.11 bits per heavy atom. The molecule has 28 heavy (non-hydrogen) atoms. The quantitative estimate of drug-likeness (QED) is 0.386. The van der Waals surface area contributed by atoms with Crippen LogP contribution in [0.15, 0.2) is 24.3 Å². The van der Waals surface area contributed by atoms with Crippen molar-refractivity contribution in [2.24, 2.45) is 10.8 Å². The Morgan fingerprint density at radius 1 is 0.750 bits per heavy atom. The van der Waals surface area contributed by atoms with Crippen molar-refractivity contribution < 1.29 is 19.1 Å². The van der Waals surface area contributed by atoms with Crippen molar-refractivity contribution in [3.8, 4) is 0 Å². The smallest absolute Gasteiger partial charge is 0.339 e. The summed E-state index contributed by atoms with van der Waals surface area (Å²) < 4.78 is 11.1. The number of ether oxygens (including phenoxy) is 2. The number of esters is 2. The van der Waals surface area contributed by atoms with E-state index in [-0.39, 0.29) is 22.0 Å². The van der Waals surface area contributed by atoms with Gasteiger partial charge in [-0.1, -0.05) is 79.4 Å². The fraction of sp³-hybridized carbons (Fsp3) is 0.667. The van der Waals surface area contributed by atoms with Gasteiger partial charge in [0.2, 0.25) is 0 Å². The highest BCUT2D eigenvalue weighted by Crippen LogP contribution is 2.26. The van der Waals surface area contributed by atoms with Gasteiger partial charge in [-0.25, -0.2) is 9.59 Å². The number of carbonyl (C=O) groups is 2. The summed E-state index contributed by atoms with van der Waals surface area (Å²) in [5, 5.41) is 0. The van der Waals surface area contributed by atoms with E-state index < -0.39 is 11.9 Å². The van der Waals surface area contributed by atoms with Crippen LogP contribution in [-0.2, 0) is 9.47 Å². The second kappa shape index (κ2) is 11.2. The van der Waals surface area contributed by atoms with Gasteiger partial charge in [-0.2, -0.15) is 0 Å². The number of rotatable bonds is 12. The second-order valence-corrected chi connectivity index (χ2v) is 9.23. The van der Waals surface area contributed by atoms with Gasteiger partial charge in [-0.15, -0.1) is 0 Å². The average molecular weight is 391 g/mol. The van der Waals surface area contributed by atoms with Crippen LogP contribution >= 0.6 is 0 Å². The molecule has 0 bridgehead atoms. The Kier molecular flexibility index (Phi) is 9.71. The minimum Gasteiger partial charge on any atom is -0.462 e. The lowest BCUT2D eigenvalue weighted by Crippen LogP contribution is -2.24. The van der Waals surface area contributed by atoms with Crippen molar-refractivity contribution in [3.05, 3.63) is 35.4 Å². The highest BCUT2D eigenvalue weighted by molar-refractivity contribution is 6.03. The number of benzene rings is 1. The van der Waals surface area contributed by atoms with E-state index in [1.807, 2.05) is 0 Å². The Morgan fingerprint density at radius 3 is 1.43 bits per heavy atom. The van der Waals surface area contributed by atoms with E-state index in [4.69, 9.17) is 9.47 Å². The maximum absolute atomic E-state index is 12.6. The number of hydrogen-bond donors (Lipinski definition) is 0. The van der Waals surface area contributed by atoms with Gasteiger partial charge in [-0.3, -0.25) is 0 Å². The molecule has 0 aliphatic heterocycles. The van der Waals surface area contributed by atoms with Crippen molar-refractivity contribution in [3.63, 3.8) is 0 Å². The largest absolute Gasteiger partial charge is 0.462 e. The molecule has 0 radical (unpaired) electrons. The normalized spacial score (nSPS) is 11.9. The van der Waals surface area contributed by atoms with Gasteiger partial charge in [0.05, 0.1) is 24.3 Å². The maximum Gasteiger partial charge on any atom is 0.339 e. The summed E-state index contributed by atoms with van der Waals surface area (Å²) in [6, 6.07) is 6.72. The molecule has 0 fully saturated rings. The van der Waals surface area contributed by atoms with Crippen molar-refractivity contribution in [1.82, 2.24) is 0 Å². The minimum absolute atomic E-state index is 0.0789. The van der Waals surface area contributed by atoms with Gasteiger partial charge in [0.25, 0.3) is 0 Å². The van der Waals surface area contributed by atoms with E-state index >= 15 is 0 Å². The molecule has 0 saturated heterocycles. The van der Waals surface area contributed by atoms with Crippen molar-refractivity contribution in [2.75, 3.05) is 13.2 Å². The molecule has 0 saturated carbocycles. The fourth-order valence-corrected chi connectivity index (χ4v) is 2.97. The summed E-state index contributed by atoms with van der Waals surface area (Å²) in [4.78, 5) is 25.2. The highest BCUT2D eigenvalue weighted by atomic mass is 16.5. The first-order chi connectivity index (χ1) is 13.1. The van der Waals surface area contributed by atoms with Crippen LogP contribution in [0.1, 0.15) is 101 Å². The molecule has 0 unspecified atom stereocenters. The first-order valence-electron chi connectivity index (χ1n) is 10.5. The third-order valence-corrected chi connectivity index (χ3v) is 4.97. The van der Waals surface area contributed by atoms with Crippen LogP contribution in [0.5, 0.6) is 0 Å². The van der Waals surface area contributed by atoms with Crippen LogP contribution in [0.3, 0.4) is 0 Å². The first kappa shape index (κ1) is 24.2. The Hall–Kier alpha value is -1.84.